The summed E-state index contributed by atoms with van der Waals surface area (Å²) in [5, 5.41) is 0. The summed E-state index contributed by atoms with van der Waals surface area (Å²) in [6.45, 7) is 2.87. The molecule has 2 aromatic rings. The van der Waals surface area contributed by atoms with Crippen molar-refractivity contribution >= 4 is 0 Å². The molecule has 0 aliphatic rings. The Labute approximate surface area is 109 Å². The van der Waals surface area contributed by atoms with Gasteiger partial charge in [0.15, 0.2) is 0 Å². The molecule has 0 saturated heterocycles. The van der Waals surface area contributed by atoms with Crippen LogP contribution in [-0.2, 0) is 6.42 Å². The number of hydrogen-bond donors (Lipinski definition) is 1. The van der Waals surface area contributed by atoms with Crippen molar-refractivity contribution in [2.45, 2.75) is 32.1 Å². The molecule has 0 aliphatic heterocycles. The fourth-order valence-corrected chi connectivity index (χ4v) is 2.37. The average Bonchev–Trinajstić information content (AvgIpc) is 2.87. The smallest absolute Gasteiger partial charge is 0.103 e. The van der Waals surface area contributed by atoms with E-state index in [-0.39, 0.29) is 0 Å². The predicted molar refractivity (Wildman–Crippen MR) is 74.6 cm³/mol. The lowest BCUT2D eigenvalue weighted by Crippen LogP contribution is -2.08. The number of nitrogens with two attached hydrogens (primary N) is 1. The van der Waals surface area contributed by atoms with Gasteiger partial charge in [-0.2, -0.15) is 0 Å². The van der Waals surface area contributed by atoms with Gasteiger partial charge in [-0.25, -0.2) is 0 Å². The van der Waals surface area contributed by atoms with Crippen LogP contribution in [0.1, 0.15) is 35.6 Å². The highest BCUT2D eigenvalue weighted by Gasteiger charge is 2.11. The van der Waals surface area contributed by atoms with Crippen molar-refractivity contribution in [2.75, 3.05) is 6.54 Å². The van der Waals surface area contributed by atoms with Crippen LogP contribution < -0.4 is 5.73 Å². The van der Waals surface area contributed by atoms with E-state index in [1.54, 1.807) is 6.26 Å². The zero-order valence-electron chi connectivity index (χ0n) is 10.9. The van der Waals surface area contributed by atoms with Gasteiger partial charge >= 0.3 is 0 Å². The second kappa shape index (κ2) is 6.41. The van der Waals surface area contributed by atoms with Crippen LogP contribution in [-0.4, -0.2) is 6.54 Å². The Morgan fingerprint density at radius 2 is 2.06 bits per heavy atom. The summed E-state index contributed by atoms with van der Waals surface area (Å²) in [6.07, 6.45) is 4.84. The van der Waals surface area contributed by atoms with E-state index in [4.69, 9.17) is 10.2 Å². The van der Waals surface area contributed by atoms with Crippen LogP contribution in [0.5, 0.6) is 0 Å². The second-order valence-electron chi connectivity index (χ2n) is 4.81. The van der Waals surface area contributed by atoms with Crippen LogP contribution in [0.2, 0.25) is 0 Å². The molecular formula is C16H21NO. The van der Waals surface area contributed by atoms with Crippen LogP contribution in [0.4, 0.5) is 0 Å². The van der Waals surface area contributed by atoms with Crippen molar-refractivity contribution in [3.63, 3.8) is 0 Å². The lowest BCUT2D eigenvalue weighted by molar-refractivity contribution is 0.479. The molecule has 2 nitrogen and oxygen atoms in total. The molecule has 0 radical (unpaired) electrons. The summed E-state index contributed by atoms with van der Waals surface area (Å²) < 4.78 is 5.39. The lowest BCUT2D eigenvalue weighted by Gasteiger charge is -2.16. The summed E-state index contributed by atoms with van der Waals surface area (Å²) in [4.78, 5) is 0. The molecule has 2 rings (SSSR count). The van der Waals surface area contributed by atoms with Crippen LogP contribution in [0.3, 0.4) is 0 Å². The van der Waals surface area contributed by atoms with Gasteiger partial charge in [-0.05, 0) is 49.9 Å². The maximum Gasteiger partial charge on any atom is 0.103 e. The Hall–Kier alpha value is -1.54. The van der Waals surface area contributed by atoms with Crippen molar-refractivity contribution in [3.8, 4) is 0 Å². The third-order valence-corrected chi connectivity index (χ3v) is 3.35. The van der Waals surface area contributed by atoms with E-state index in [1.807, 2.05) is 12.1 Å². The van der Waals surface area contributed by atoms with Gasteiger partial charge in [-0.3, -0.25) is 0 Å². The third-order valence-electron chi connectivity index (χ3n) is 3.35. The van der Waals surface area contributed by atoms with Gasteiger partial charge in [-0.15, -0.1) is 0 Å². The van der Waals surface area contributed by atoms with Gasteiger partial charge in [0.2, 0.25) is 0 Å². The minimum absolute atomic E-state index is 0.528. The molecule has 96 valence electrons. The number of benzene rings is 1. The zero-order valence-corrected chi connectivity index (χ0v) is 10.9. The molecule has 1 heterocycles. The molecule has 18 heavy (non-hydrogen) atoms. The molecule has 0 amide bonds. The number of rotatable bonds is 6. The maximum absolute atomic E-state index is 5.73. The average molecular weight is 243 g/mol. The van der Waals surface area contributed by atoms with E-state index >= 15 is 0 Å². The first-order valence-electron chi connectivity index (χ1n) is 6.58. The minimum Gasteiger partial charge on any atom is -0.469 e. The topological polar surface area (TPSA) is 39.2 Å². The Morgan fingerprint density at radius 3 is 2.72 bits per heavy atom. The van der Waals surface area contributed by atoms with Crippen LogP contribution in [0.25, 0.3) is 0 Å². The Balaban J connectivity index is 2.03. The molecule has 0 bridgehead atoms. The SMILES string of the molecule is Cc1cccc(C(CCN)CCc2ccco2)c1. The zero-order chi connectivity index (χ0) is 12.8. The molecule has 1 aromatic heterocycles. The summed E-state index contributed by atoms with van der Waals surface area (Å²) in [7, 11) is 0. The maximum atomic E-state index is 5.73. The highest BCUT2D eigenvalue weighted by atomic mass is 16.3. The van der Waals surface area contributed by atoms with Crippen LogP contribution in [0.15, 0.2) is 47.1 Å². The van der Waals surface area contributed by atoms with Crippen molar-refractivity contribution in [3.05, 3.63) is 59.5 Å². The van der Waals surface area contributed by atoms with Crippen molar-refractivity contribution in [2.24, 2.45) is 5.73 Å². The van der Waals surface area contributed by atoms with Gasteiger partial charge in [0.25, 0.3) is 0 Å². The molecule has 2 heteroatoms. The van der Waals surface area contributed by atoms with Gasteiger partial charge in [-0.1, -0.05) is 29.8 Å². The molecule has 1 unspecified atom stereocenters. The van der Waals surface area contributed by atoms with Crippen LogP contribution >= 0.6 is 0 Å². The Kier molecular flexibility index (Phi) is 4.59. The number of furan rings is 1. The van der Waals surface area contributed by atoms with E-state index < -0.39 is 0 Å². The summed E-state index contributed by atoms with van der Waals surface area (Å²) in [5.41, 5.74) is 8.44. The molecule has 0 aliphatic carbocycles. The lowest BCUT2D eigenvalue weighted by atomic mass is 9.90. The molecular weight excluding hydrogens is 222 g/mol. The summed E-state index contributed by atoms with van der Waals surface area (Å²) in [5.74, 6) is 1.59. The molecule has 1 aromatic carbocycles. The highest BCUT2D eigenvalue weighted by Crippen LogP contribution is 2.25. The second-order valence-corrected chi connectivity index (χ2v) is 4.81. The van der Waals surface area contributed by atoms with Crippen LogP contribution in [0, 0.1) is 6.92 Å². The van der Waals surface area contributed by atoms with Gasteiger partial charge < -0.3 is 10.2 Å². The molecule has 2 N–H and O–H groups in total. The number of hydrogen-bond acceptors (Lipinski definition) is 2. The van der Waals surface area contributed by atoms with Gasteiger partial charge in [0.1, 0.15) is 5.76 Å². The molecule has 1 atom stereocenters. The van der Waals surface area contributed by atoms with Crippen molar-refractivity contribution < 1.29 is 4.42 Å². The number of aryl methyl sites for hydroxylation is 2. The quantitative estimate of drug-likeness (QED) is 0.841. The molecule has 0 spiro atoms. The van der Waals surface area contributed by atoms with Crippen molar-refractivity contribution in [1.82, 2.24) is 0 Å². The van der Waals surface area contributed by atoms with E-state index in [0.717, 1.165) is 31.6 Å². The fourth-order valence-electron chi connectivity index (χ4n) is 2.37. The summed E-state index contributed by atoms with van der Waals surface area (Å²) >= 11 is 0. The van der Waals surface area contributed by atoms with Crippen molar-refractivity contribution in [1.29, 1.82) is 0 Å². The summed E-state index contributed by atoms with van der Waals surface area (Å²) in [6, 6.07) is 12.7. The first kappa shape index (κ1) is 12.9. The monoisotopic (exact) mass is 243 g/mol. The first-order valence-corrected chi connectivity index (χ1v) is 6.58. The Morgan fingerprint density at radius 1 is 1.17 bits per heavy atom. The van der Waals surface area contributed by atoms with E-state index in [0.29, 0.717) is 5.92 Å². The third kappa shape index (κ3) is 3.47. The molecule has 0 fully saturated rings. The van der Waals surface area contributed by atoms with E-state index in [1.165, 1.54) is 11.1 Å². The largest absolute Gasteiger partial charge is 0.469 e. The minimum atomic E-state index is 0.528. The van der Waals surface area contributed by atoms with E-state index in [9.17, 15) is 0 Å². The fraction of sp³-hybridized carbons (Fsp3) is 0.375. The first-order chi connectivity index (χ1) is 8.79. The standard InChI is InChI=1S/C16H21NO/c1-13-4-2-5-15(12-13)14(9-10-17)7-8-16-6-3-11-18-16/h2-6,11-12,14H,7-10,17H2,1H3. The molecule has 0 saturated carbocycles. The highest BCUT2D eigenvalue weighted by molar-refractivity contribution is 5.25. The normalized spacial score (nSPS) is 12.6. The predicted octanol–water partition coefficient (Wildman–Crippen LogP) is 3.65. The van der Waals surface area contributed by atoms with Gasteiger partial charge in [0, 0.05) is 6.42 Å². The van der Waals surface area contributed by atoms with E-state index in [2.05, 4.69) is 31.2 Å². The Bertz CT molecular complexity index is 462. The van der Waals surface area contributed by atoms with Gasteiger partial charge in [0.05, 0.1) is 6.26 Å².